The minimum Gasteiger partial charge on any atom is -0.422 e. The van der Waals surface area contributed by atoms with Crippen molar-refractivity contribution >= 4 is 33.6 Å². The van der Waals surface area contributed by atoms with E-state index in [0.29, 0.717) is 38.8 Å². The zero-order valence-electron chi connectivity index (χ0n) is 13.7. The van der Waals surface area contributed by atoms with E-state index in [2.05, 4.69) is 10.3 Å². The highest BCUT2D eigenvalue weighted by Crippen LogP contribution is 2.25. The number of aryl methyl sites for hydroxylation is 1. The monoisotopic (exact) mass is 348 g/mol. The summed E-state index contributed by atoms with van der Waals surface area (Å²) in [4.78, 5) is 29.1. The molecule has 0 radical (unpaired) electrons. The van der Waals surface area contributed by atoms with E-state index in [1.165, 1.54) is 24.3 Å². The molecule has 1 N–H and O–H groups in total. The molecule has 1 amide bonds. The second kappa shape index (κ2) is 6.07. The highest BCUT2D eigenvalue weighted by molar-refractivity contribution is 6.06. The number of para-hydroxylation sites is 1. The van der Waals surface area contributed by atoms with Crippen molar-refractivity contribution in [3.05, 3.63) is 82.0 Å². The molecule has 0 aliphatic rings. The second-order valence-corrected chi connectivity index (χ2v) is 5.89. The number of amides is 1. The Morgan fingerprint density at radius 3 is 2.62 bits per heavy atom. The summed E-state index contributed by atoms with van der Waals surface area (Å²) in [6, 6.07) is 13.9. The maximum Gasteiger partial charge on any atom is 0.346 e. The summed E-state index contributed by atoms with van der Waals surface area (Å²) in [7, 11) is 0. The standard InChI is InChI=1S/C20H13FN2O3/c1-11-10-16(23-19(24)12-6-8-13(21)9-7-12)22-18-14-4-2-3-5-15(14)26-20(25)17(11)18/h2-10H,1H3,(H,22,23,24). The highest BCUT2D eigenvalue weighted by Gasteiger charge is 2.14. The van der Waals surface area contributed by atoms with Crippen LogP contribution in [0.25, 0.3) is 21.9 Å². The van der Waals surface area contributed by atoms with Crippen LogP contribution in [0.15, 0.2) is 63.8 Å². The van der Waals surface area contributed by atoms with Crippen LogP contribution in [0.5, 0.6) is 0 Å². The highest BCUT2D eigenvalue weighted by atomic mass is 19.1. The van der Waals surface area contributed by atoms with Crippen molar-refractivity contribution < 1.29 is 13.6 Å². The Balaban J connectivity index is 1.84. The van der Waals surface area contributed by atoms with Crippen LogP contribution in [0.1, 0.15) is 15.9 Å². The van der Waals surface area contributed by atoms with Gasteiger partial charge in [0.2, 0.25) is 0 Å². The van der Waals surface area contributed by atoms with Crippen molar-refractivity contribution in [3.63, 3.8) is 0 Å². The number of hydrogen-bond acceptors (Lipinski definition) is 4. The first-order valence-electron chi connectivity index (χ1n) is 7.93. The summed E-state index contributed by atoms with van der Waals surface area (Å²) in [5, 5.41) is 3.75. The first-order valence-corrected chi connectivity index (χ1v) is 7.93. The minimum atomic E-state index is -0.472. The lowest BCUT2D eigenvalue weighted by Gasteiger charge is -2.09. The van der Waals surface area contributed by atoms with Gasteiger partial charge in [0.05, 0.1) is 10.9 Å². The van der Waals surface area contributed by atoms with E-state index in [1.807, 2.05) is 6.07 Å². The Bertz CT molecular complexity index is 1210. The summed E-state index contributed by atoms with van der Waals surface area (Å²) in [5.74, 6) is -0.525. The van der Waals surface area contributed by atoms with Crippen LogP contribution in [0.2, 0.25) is 0 Å². The number of carbonyl (C=O) groups excluding carboxylic acids is 1. The van der Waals surface area contributed by atoms with E-state index in [1.54, 1.807) is 31.2 Å². The van der Waals surface area contributed by atoms with Crippen molar-refractivity contribution in [2.24, 2.45) is 0 Å². The molecule has 0 aliphatic heterocycles. The molecule has 0 saturated carbocycles. The number of rotatable bonds is 2. The first kappa shape index (κ1) is 16.0. The molecule has 2 aromatic heterocycles. The Morgan fingerprint density at radius 1 is 1.12 bits per heavy atom. The van der Waals surface area contributed by atoms with Crippen LogP contribution in [0.3, 0.4) is 0 Å². The number of anilines is 1. The Labute approximate surface area is 147 Å². The van der Waals surface area contributed by atoms with Crippen molar-refractivity contribution in [1.82, 2.24) is 4.98 Å². The van der Waals surface area contributed by atoms with Gasteiger partial charge in [-0.25, -0.2) is 14.2 Å². The molecule has 4 aromatic rings. The van der Waals surface area contributed by atoms with Crippen molar-refractivity contribution in [1.29, 1.82) is 0 Å². The fourth-order valence-corrected chi connectivity index (χ4v) is 2.88. The van der Waals surface area contributed by atoms with Crippen LogP contribution in [0.4, 0.5) is 10.2 Å². The van der Waals surface area contributed by atoms with Gasteiger partial charge in [0.1, 0.15) is 17.2 Å². The second-order valence-electron chi connectivity index (χ2n) is 5.89. The van der Waals surface area contributed by atoms with Crippen LogP contribution in [-0.4, -0.2) is 10.9 Å². The van der Waals surface area contributed by atoms with Crippen molar-refractivity contribution in [2.75, 3.05) is 5.32 Å². The Kier molecular flexibility index (Phi) is 3.73. The topological polar surface area (TPSA) is 72.2 Å². The summed E-state index contributed by atoms with van der Waals surface area (Å²) >= 11 is 0. The summed E-state index contributed by atoms with van der Waals surface area (Å²) in [6.45, 7) is 1.75. The van der Waals surface area contributed by atoms with E-state index in [9.17, 15) is 14.0 Å². The maximum absolute atomic E-state index is 13.0. The number of halogens is 1. The van der Waals surface area contributed by atoms with Gasteiger partial charge in [-0.1, -0.05) is 12.1 Å². The molecular formula is C20H13FN2O3. The zero-order valence-corrected chi connectivity index (χ0v) is 13.7. The van der Waals surface area contributed by atoms with Gasteiger partial charge in [-0.2, -0.15) is 0 Å². The predicted octanol–water partition coefficient (Wildman–Crippen LogP) is 4.04. The number of nitrogens with zero attached hydrogens (tertiary/aromatic N) is 1. The maximum atomic E-state index is 13.0. The number of fused-ring (bicyclic) bond motifs is 3. The Morgan fingerprint density at radius 2 is 1.85 bits per heavy atom. The molecule has 128 valence electrons. The van der Waals surface area contributed by atoms with Gasteiger partial charge in [0.15, 0.2) is 0 Å². The van der Waals surface area contributed by atoms with E-state index >= 15 is 0 Å². The quantitative estimate of drug-likeness (QED) is 0.438. The fraction of sp³-hybridized carbons (Fsp3) is 0.0500. The molecule has 0 atom stereocenters. The number of pyridine rings is 1. The average molecular weight is 348 g/mol. The molecule has 6 heteroatoms. The van der Waals surface area contributed by atoms with E-state index < -0.39 is 17.3 Å². The van der Waals surface area contributed by atoms with Gasteiger partial charge in [0.25, 0.3) is 5.91 Å². The molecule has 5 nitrogen and oxygen atoms in total. The fourth-order valence-electron chi connectivity index (χ4n) is 2.88. The summed E-state index contributed by atoms with van der Waals surface area (Å²) in [6.07, 6.45) is 0. The molecule has 0 spiro atoms. The third-order valence-corrected chi connectivity index (χ3v) is 4.11. The number of hydrogen-bond donors (Lipinski definition) is 1. The lowest BCUT2D eigenvalue weighted by Crippen LogP contribution is -2.14. The normalized spacial score (nSPS) is 11.0. The smallest absolute Gasteiger partial charge is 0.346 e. The Hall–Kier alpha value is -3.54. The molecule has 4 rings (SSSR count). The van der Waals surface area contributed by atoms with E-state index in [4.69, 9.17) is 4.42 Å². The van der Waals surface area contributed by atoms with Crippen LogP contribution >= 0.6 is 0 Å². The van der Waals surface area contributed by atoms with E-state index in [0.717, 1.165) is 0 Å². The molecular weight excluding hydrogens is 335 g/mol. The zero-order chi connectivity index (χ0) is 18.3. The largest absolute Gasteiger partial charge is 0.422 e. The third kappa shape index (κ3) is 2.71. The number of nitrogens with one attached hydrogen (secondary N) is 1. The van der Waals surface area contributed by atoms with Crippen LogP contribution < -0.4 is 10.9 Å². The average Bonchev–Trinajstić information content (AvgIpc) is 2.62. The number of benzene rings is 2. The molecule has 26 heavy (non-hydrogen) atoms. The van der Waals surface area contributed by atoms with Gasteiger partial charge in [-0.15, -0.1) is 0 Å². The SMILES string of the molecule is Cc1cc(NC(=O)c2ccc(F)cc2)nc2c1c(=O)oc1ccccc12. The number of aromatic nitrogens is 1. The van der Waals surface area contributed by atoms with Gasteiger partial charge < -0.3 is 9.73 Å². The first-order chi connectivity index (χ1) is 12.5. The molecule has 0 saturated heterocycles. The lowest BCUT2D eigenvalue weighted by molar-refractivity contribution is 0.102. The number of carbonyl (C=O) groups is 1. The molecule has 0 fully saturated rings. The third-order valence-electron chi connectivity index (χ3n) is 4.11. The van der Waals surface area contributed by atoms with Crippen molar-refractivity contribution in [3.8, 4) is 0 Å². The van der Waals surface area contributed by atoms with Gasteiger partial charge in [0, 0.05) is 10.9 Å². The van der Waals surface area contributed by atoms with E-state index in [-0.39, 0.29) is 0 Å². The molecule has 0 unspecified atom stereocenters. The van der Waals surface area contributed by atoms with Crippen LogP contribution in [0, 0.1) is 12.7 Å². The van der Waals surface area contributed by atoms with Gasteiger partial charge in [-0.05, 0) is 55.0 Å². The molecule has 0 bridgehead atoms. The van der Waals surface area contributed by atoms with Gasteiger partial charge >= 0.3 is 5.63 Å². The van der Waals surface area contributed by atoms with Crippen LogP contribution in [-0.2, 0) is 0 Å². The molecule has 2 heterocycles. The predicted molar refractivity (Wildman–Crippen MR) is 96.9 cm³/mol. The summed E-state index contributed by atoms with van der Waals surface area (Å²) in [5.41, 5.74) is 1.37. The van der Waals surface area contributed by atoms with Gasteiger partial charge in [-0.3, -0.25) is 4.79 Å². The molecule has 2 aromatic carbocycles. The molecule has 0 aliphatic carbocycles. The summed E-state index contributed by atoms with van der Waals surface area (Å²) < 4.78 is 18.3. The van der Waals surface area contributed by atoms with Crippen molar-refractivity contribution in [2.45, 2.75) is 6.92 Å². The minimum absolute atomic E-state index is 0.306. The lowest BCUT2D eigenvalue weighted by atomic mass is 10.1.